The highest BCUT2D eigenvalue weighted by molar-refractivity contribution is 7.91. The number of aliphatic hydroxyl groups is 1. The lowest BCUT2D eigenvalue weighted by Crippen LogP contribution is -2.40. The maximum atomic E-state index is 12.3. The first kappa shape index (κ1) is 16.5. The number of sulfone groups is 1. The van der Waals surface area contributed by atoms with Crippen LogP contribution in [0.2, 0.25) is 0 Å². The van der Waals surface area contributed by atoms with Gasteiger partial charge in [0.25, 0.3) is 0 Å². The molecule has 1 aromatic rings. The predicted molar refractivity (Wildman–Crippen MR) is 78.0 cm³/mol. The highest BCUT2D eigenvalue weighted by Gasteiger charge is 2.28. The van der Waals surface area contributed by atoms with Crippen LogP contribution in [0.3, 0.4) is 0 Å². The molecule has 0 atom stereocenters. The zero-order chi connectivity index (χ0) is 15.7. The fourth-order valence-electron chi connectivity index (χ4n) is 2.39. The number of hydrogen-bond acceptors (Lipinski definition) is 5. The summed E-state index contributed by atoms with van der Waals surface area (Å²) < 4.78 is 51.5. The van der Waals surface area contributed by atoms with Gasteiger partial charge in [-0.05, 0) is 25.8 Å². The largest absolute Gasteiger partial charge is 0.390 e. The van der Waals surface area contributed by atoms with E-state index in [1.54, 1.807) is 4.57 Å². The number of nitrogens with zero attached hydrogens (tertiary/aromatic N) is 1. The Morgan fingerprint density at radius 1 is 1.38 bits per heavy atom. The molecule has 120 valence electrons. The van der Waals surface area contributed by atoms with E-state index in [4.69, 9.17) is 0 Å². The second-order valence-corrected chi connectivity index (χ2v) is 9.18. The summed E-state index contributed by atoms with van der Waals surface area (Å²) in [6, 6.07) is 1.08. The average molecular weight is 336 g/mol. The number of sulfonamides is 1. The predicted octanol–water partition coefficient (Wildman–Crippen LogP) is -0.144. The molecule has 1 fully saturated rings. The molecule has 1 aliphatic heterocycles. The van der Waals surface area contributed by atoms with Gasteiger partial charge in [-0.1, -0.05) is 0 Å². The first-order chi connectivity index (χ1) is 9.77. The summed E-state index contributed by atoms with van der Waals surface area (Å²) in [5, 5.41) is 9.20. The minimum Gasteiger partial charge on any atom is -0.390 e. The lowest BCUT2D eigenvalue weighted by molar-refractivity contribution is 0.271. The smallest absolute Gasteiger partial charge is 0.242 e. The number of nitrogens with one attached hydrogen (secondary N) is 1. The normalized spacial score (nSPS) is 19.7. The van der Waals surface area contributed by atoms with Crippen molar-refractivity contribution in [3.05, 3.63) is 18.0 Å². The second kappa shape index (κ2) is 6.07. The van der Waals surface area contributed by atoms with E-state index in [1.165, 1.54) is 12.3 Å². The molecule has 21 heavy (non-hydrogen) atoms. The van der Waals surface area contributed by atoms with E-state index in [0.717, 1.165) is 0 Å². The summed E-state index contributed by atoms with van der Waals surface area (Å²) >= 11 is 0. The minimum absolute atomic E-state index is 0.0120. The number of hydrogen-bond donors (Lipinski definition) is 2. The van der Waals surface area contributed by atoms with Crippen LogP contribution in [0.5, 0.6) is 0 Å². The monoisotopic (exact) mass is 336 g/mol. The van der Waals surface area contributed by atoms with Crippen molar-refractivity contribution in [2.45, 2.75) is 43.9 Å². The van der Waals surface area contributed by atoms with Crippen molar-refractivity contribution in [3.8, 4) is 0 Å². The van der Waals surface area contributed by atoms with Gasteiger partial charge in [0, 0.05) is 24.5 Å². The van der Waals surface area contributed by atoms with E-state index < -0.39 is 19.9 Å². The minimum atomic E-state index is -3.70. The summed E-state index contributed by atoms with van der Waals surface area (Å²) in [6.07, 6.45) is 2.07. The lowest BCUT2D eigenvalue weighted by atomic mass is 10.2. The molecule has 2 rings (SSSR count). The Kier molecular flexibility index (Phi) is 4.76. The SMILES string of the molecule is CCn1cc(S(=O)(=O)NC2CCS(=O)(=O)CC2)cc1CO. The highest BCUT2D eigenvalue weighted by Crippen LogP contribution is 2.18. The maximum absolute atomic E-state index is 12.3. The molecular weight excluding hydrogens is 316 g/mol. The van der Waals surface area contributed by atoms with Gasteiger partial charge >= 0.3 is 0 Å². The Balaban J connectivity index is 2.14. The van der Waals surface area contributed by atoms with Crippen molar-refractivity contribution >= 4 is 19.9 Å². The molecule has 2 N–H and O–H groups in total. The van der Waals surface area contributed by atoms with Crippen LogP contribution in [-0.2, 0) is 33.0 Å². The van der Waals surface area contributed by atoms with E-state index in [2.05, 4.69) is 4.72 Å². The molecule has 1 aliphatic rings. The Bertz CT molecular complexity index is 671. The van der Waals surface area contributed by atoms with Crippen LogP contribution < -0.4 is 4.72 Å². The molecule has 0 saturated carbocycles. The summed E-state index contributed by atoms with van der Waals surface area (Å²) in [7, 11) is -6.71. The van der Waals surface area contributed by atoms with E-state index in [1.807, 2.05) is 6.92 Å². The van der Waals surface area contributed by atoms with Crippen LogP contribution in [-0.4, -0.2) is 44.1 Å². The first-order valence-electron chi connectivity index (χ1n) is 6.80. The number of rotatable bonds is 5. The van der Waals surface area contributed by atoms with E-state index in [0.29, 0.717) is 25.1 Å². The molecule has 0 aliphatic carbocycles. The molecule has 2 heterocycles. The Morgan fingerprint density at radius 2 is 2.00 bits per heavy atom. The topological polar surface area (TPSA) is 105 Å². The van der Waals surface area contributed by atoms with Gasteiger partial charge in [0.2, 0.25) is 10.0 Å². The van der Waals surface area contributed by atoms with Crippen molar-refractivity contribution in [2.75, 3.05) is 11.5 Å². The van der Waals surface area contributed by atoms with Gasteiger partial charge in [-0.25, -0.2) is 21.6 Å². The van der Waals surface area contributed by atoms with Gasteiger partial charge in [0.15, 0.2) is 0 Å². The zero-order valence-corrected chi connectivity index (χ0v) is 13.5. The van der Waals surface area contributed by atoms with Crippen molar-refractivity contribution in [1.29, 1.82) is 0 Å². The zero-order valence-electron chi connectivity index (χ0n) is 11.8. The van der Waals surface area contributed by atoms with Crippen molar-refractivity contribution in [1.82, 2.24) is 9.29 Å². The summed E-state index contributed by atoms with van der Waals surface area (Å²) in [5.74, 6) is 0.0239. The van der Waals surface area contributed by atoms with Crippen LogP contribution in [0.1, 0.15) is 25.5 Å². The quantitative estimate of drug-likeness (QED) is 0.778. The van der Waals surface area contributed by atoms with Crippen LogP contribution in [0.15, 0.2) is 17.2 Å². The Hall–Kier alpha value is -0.900. The first-order valence-corrected chi connectivity index (χ1v) is 10.1. The molecule has 0 bridgehead atoms. The number of aliphatic hydroxyl groups excluding tert-OH is 1. The number of aromatic nitrogens is 1. The van der Waals surface area contributed by atoms with Gasteiger partial charge in [-0.15, -0.1) is 0 Å². The average Bonchev–Trinajstić information content (AvgIpc) is 2.85. The van der Waals surface area contributed by atoms with Crippen molar-refractivity contribution in [2.24, 2.45) is 0 Å². The van der Waals surface area contributed by atoms with Crippen LogP contribution in [0.25, 0.3) is 0 Å². The second-order valence-electron chi connectivity index (χ2n) is 5.16. The van der Waals surface area contributed by atoms with Gasteiger partial charge in [-0.2, -0.15) is 0 Å². The van der Waals surface area contributed by atoms with Gasteiger partial charge in [0.1, 0.15) is 9.84 Å². The maximum Gasteiger partial charge on any atom is 0.242 e. The van der Waals surface area contributed by atoms with Gasteiger partial charge in [0.05, 0.1) is 23.0 Å². The summed E-state index contributed by atoms with van der Waals surface area (Å²) in [4.78, 5) is 0.0989. The summed E-state index contributed by atoms with van der Waals surface area (Å²) in [5.41, 5.74) is 0.532. The molecule has 1 aromatic heterocycles. The molecule has 9 heteroatoms. The lowest BCUT2D eigenvalue weighted by Gasteiger charge is -2.22. The summed E-state index contributed by atoms with van der Waals surface area (Å²) in [6.45, 7) is 2.19. The fraction of sp³-hybridized carbons (Fsp3) is 0.667. The van der Waals surface area contributed by atoms with Gasteiger partial charge in [-0.3, -0.25) is 0 Å². The number of aryl methyl sites for hydroxylation is 1. The highest BCUT2D eigenvalue weighted by atomic mass is 32.2. The third kappa shape index (κ3) is 3.85. The Morgan fingerprint density at radius 3 is 2.48 bits per heavy atom. The third-order valence-electron chi connectivity index (χ3n) is 3.65. The van der Waals surface area contributed by atoms with E-state index in [-0.39, 0.29) is 29.0 Å². The molecule has 0 unspecified atom stereocenters. The standard InChI is InChI=1S/C12H20N2O5S2/c1-2-14-8-12(7-11(14)9-15)21(18,19)13-10-3-5-20(16,17)6-4-10/h7-8,10,13,15H,2-6,9H2,1H3. The van der Waals surface area contributed by atoms with Crippen LogP contribution in [0.4, 0.5) is 0 Å². The van der Waals surface area contributed by atoms with E-state index >= 15 is 0 Å². The van der Waals surface area contributed by atoms with Crippen LogP contribution >= 0.6 is 0 Å². The molecule has 0 amide bonds. The molecule has 1 saturated heterocycles. The van der Waals surface area contributed by atoms with Crippen molar-refractivity contribution in [3.63, 3.8) is 0 Å². The van der Waals surface area contributed by atoms with Crippen LogP contribution in [0, 0.1) is 0 Å². The van der Waals surface area contributed by atoms with Gasteiger partial charge < -0.3 is 9.67 Å². The molecule has 0 radical (unpaired) electrons. The Labute approximate surface area is 124 Å². The fourth-order valence-corrected chi connectivity index (χ4v) is 5.25. The third-order valence-corrected chi connectivity index (χ3v) is 6.85. The molecule has 7 nitrogen and oxygen atoms in total. The molecule has 0 spiro atoms. The van der Waals surface area contributed by atoms with E-state index in [9.17, 15) is 21.9 Å². The van der Waals surface area contributed by atoms with Crippen molar-refractivity contribution < 1.29 is 21.9 Å². The molecule has 0 aromatic carbocycles. The molecular formula is C12H20N2O5S2.